The molecule has 2 aliphatic heterocycles. The average Bonchev–Trinajstić information content (AvgIpc) is 3.50. The summed E-state index contributed by atoms with van der Waals surface area (Å²) in [5.74, 6) is 1.06. The normalized spacial score (nSPS) is 21.7. The molecule has 1 unspecified atom stereocenters. The number of fused-ring (bicyclic) bond motifs is 2. The Kier molecular flexibility index (Phi) is 5.82. The third kappa shape index (κ3) is 4.34. The fraction of sp³-hybridized carbons (Fsp3) is 0.440. The second kappa shape index (κ2) is 8.78. The minimum Gasteiger partial charge on any atom is -0.483 e. The molecule has 1 saturated heterocycles. The fourth-order valence-electron chi connectivity index (χ4n) is 4.83. The van der Waals surface area contributed by atoms with E-state index in [1.807, 2.05) is 31.5 Å². The van der Waals surface area contributed by atoms with Crippen LogP contribution >= 0.6 is 0 Å². The van der Waals surface area contributed by atoms with Gasteiger partial charge in [0, 0.05) is 43.1 Å². The van der Waals surface area contributed by atoms with Gasteiger partial charge in [-0.25, -0.2) is 10.9 Å². The zero-order valence-electron chi connectivity index (χ0n) is 19.4. The van der Waals surface area contributed by atoms with Crippen LogP contribution in [-0.2, 0) is 17.9 Å². The maximum atomic E-state index is 13.0. The SMILES string of the molecule is Cc1ccc(C(C)C)c(OCC(=O)N2Cc3cn(C(=O)C4=CCC5NNN[C@H]5C4)cc3C2)c1. The van der Waals surface area contributed by atoms with Gasteiger partial charge in [-0.05, 0) is 54.0 Å². The molecular weight excluding hydrogens is 418 g/mol. The lowest BCUT2D eigenvalue weighted by atomic mass is 9.91. The average molecular weight is 450 g/mol. The molecule has 3 N–H and O–H groups in total. The predicted octanol–water partition coefficient (Wildman–Crippen LogP) is 2.55. The molecule has 1 fully saturated rings. The molecule has 174 valence electrons. The van der Waals surface area contributed by atoms with Gasteiger partial charge in [-0.2, -0.15) is 5.53 Å². The van der Waals surface area contributed by atoms with Crippen molar-refractivity contribution in [2.24, 2.45) is 0 Å². The van der Waals surface area contributed by atoms with Crippen LogP contribution in [0.3, 0.4) is 0 Å². The number of carbonyl (C=O) groups excluding carboxylic acids is 2. The molecule has 1 aliphatic carbocycles. The molecule has 3 heterocycles. The van der Waals surface area contributed by atoms with Crippen molar-refractivity contribution in [3.8, 4) is 5.75 Å². The van der Waals surface area contributed by atoms with Gasteiger partial charge in [0.1, 0.15) is 5.75 Å². The molecule has 1 aromatic carbocycles. The van der Waals surface area contributed by atoms with Crippen molar-refractivity contribution >= 4 is 11.8 Å². The Hall–Kier alpha value is -2.94. The number of rotatable bonds is 5. The Bertz CT molecular complexity index is 1100. The quantitative estimate of drug-likeness (QED) is 0.650. The molecule has 1 aromatic heterocycles. The Morgan fingerprint density at radius 1 is 1.12 bits per heavy atom. The van der Waals surface area contributed by atoms with Crippen molar-refractivity contribution in [3.63, 3.8) is 0 Å². The topological polar surface area (TPSA) is 87.6 Å². The van der Waals surface area contributed by atoms with Crippen LogP contribution in [0, 0.1) is 6.92 Å². The summed E-state index contributed by atoms with van der Waals surface area (Å²) >= 11 is 0. The zero-order chi connectivity index (χ0) is 23.1. The molecule has 8 heteroatoms. The summed E-state index contributed by atoms with van der Waals surface area (Å²) in [5, 5.41) is 0. The molecule has 0 spiro atoms. The van der Waals surface area contributed by atoms with Gasteiger partial charge in [0.2, 0.25) is 0 Å². The number of amides is 1. The summed E-state index contributed by atoms with van der Waals surface area (Å²) in [5.41, 5.74) is 14.4. The standard InChI is InChI=1S/C25H31N5O3/c1-15(2)20-6-4-16(3)8-23(20)33-14-24(31)29-10-18-12-30(13-19(18)11-29)25(32)17-5-7-21-22(9-17)27-28-26-21/h4-6,8,12-13,15,21-22,26-28H,7,9-11,14H2,1-3H3/t21?,22-/m0/s1. The number of hydrogen-bond donors (Lipinski definition) is 3. The molecule has 33 heavy (non-hydrogen) atoms. The Balaban J connectivity index is 1.20. The number of aromatic nitrogens is 1. The van der Waals surface area contributed by atoms with E-state index in [4.69, 9.17) is 4.74 Å². The van der Waals surface area contributed by atoms with Crippen LogP contribution < -0.4 is 21.1 Å². The highest BCUT2D eigenvalue weighted by Crippen LogP contribution is 2.29. The van der Waals surface area contributed by atoms with E-state index in [-0.39, 0.29) is 24.5 Å². The van der Waals surface area contributed by atoms with Crippen LogP contribution in [0.4, 0.5) is 0 Å². The smallest absolute Gasteiger partial charge is 0.261 e. The van der Waals surface area contributed by atoms with Gasteiger partial charge >= 0.3 is 0 Å². The molecule has 8 nitrogen and oxygen atoms in total. The fourth-order valence-corrected chi connectivity index (χ4v) is 4.83. The predicted molar refractivity (Wildman–Crippen MR) is 124 cm³/mol. The van der Waals surface area contributed by atoms with Crippen molar-refractivity contribution in [2.75, 3.05) is 6.61 Å². The van der Waals surface area contributed by atoms with Crippen molar-refractivity contribution in [1.29, 1.82) is 0 Å². The van der Waals surface area contributed by atoms with Crippen LogP contribution in [0.25, 0.3) is 0 Å². The van der Waals surface area contributed by atoms with Crippen molar-refractivity contribution in [1.82, 2.24) is 25.9 Å². The third-order valence-electron chi connectivity index (χ3n) is 6.79. The minimum absolute atomic E-state index is 0.0108. The summed E-state index contributed by atoms with van der Waals surface area (Å²) in [6.45, 7) is 7.27. The highest BCUT2D eigenvalue weighted by molar-refractivity contribution is 5.96. The van der Waals surface area contributed by atoms with Crippen molar-refractivity contribution < 1.29 is 14.3 Å². The first-order chi connectivity index (χ1) is 15.9. The third-order valence-corrected chi connectivity index (χ3v) is 6.79. The summed E-state index contributed by atoms with van der Waals surface area (Å²) < 4.78 is 7.60. The molecule has 2 aromatic rings. The van der Waals surface area contributed by atoms with E-state index >= 15 is 0 Å². The number of carbonyl (C=O) groups is 2. The van der Waals surface area contributed by atoms with Gasteiger partial charge in [-0.3, -0.25) is 14.2 Å². The van der Waals surface area contributed by atoms with E-state index in [1.54, 1.807) is 9.47 Å². The molecule has 5 rings (SSSR count). The number of nitrogens with one attached hydrogen (secondary N) is 3. The second-order valence-electron chi connectivity index (χ2n) is 9.55. The number of ether oxygens (including phenoxy) is 1. The van der Waals surface area contributed by atoms with E-state index in [9.17, 15) is 9.59 Å². The van der Waals surface area contributed by atoms with Crippen molar-refractivity contribution in [3.05, 3.63) is 64.5 Å². The highest BCUT2D eigenvalue weighted by Gasteiger charge is 2.33. The molecule has 0 saturated carbocycles. The summed E-state index contributed by atoms with van der Waals surface area (Å²) in [7, 11) is 0. The maximum absolute atomic E-state index is 13.0. The highest BCUT2D eigenvalue weighted by atomic mass is 16.5. The van der Waals surface area contributed by atoms with Gasteiger partial charge in [0.05, 0.1) is 0 Å². The van der Waals surface area contributed by atoms with Gasteiger partial charge in [-0.1, -0.05) is 32.1 Å². The van der Waals surface area contributed by atoms with Crippen LogP contribution in [0.1, 0.15) is 59.7 Å². The van der Waals surface area contributed by atoms with Crippen LogP contribution in [0.5, 0.6) is 5.75 Å². The number of hydrazine groups is 2. The molecule has 0 bridgehead atoms. The first-order valence-corrected chi connectivity index (χ1v) is 11.6. The van der Waals surface area contributed by atoms with E-state index in [0.29, 0.717) is 31.5 Å². The minimum atomic E-state index is -0.0476. The largest absolute Gasteiger partial charge is 0.483 e. The maximum Gasteiger partial charge on any atom is 0.261 e. The van der Waals surface area contributed by atoms with Crippen molar-refractivity contribution in [2.45, 2.75) is 64.7 Å². The van der Waals surface area contributed by atoms with E-state index < -0.39 is 0 Å². The summed E-state index contributed by atoms with van der Waals surface area (Å²) in [4.78, 5) is 27.6. The molecule has 0 radical (unpaired) electrons. The number of nitrogens with zero attached hydrogens (tertiary/aromatic N) is 2. The summed E-state index contributed by atoms with van der Waals surface area (Å²) in [6.07, 6.45) is 7.27. The summed E-state index contributed by atoms with van der Waals surface area (Å²) in [6, 6.07) is 6.66. The molecule has 2 atom stereocenters. The van der Waals surface area contributed by atoms with Crippen LogP contribution in [0.2, 0.25) is 0 Å². The van der Waals surface area contributed by atoms with E-state index in [2.05, 4.69) is 42.4 Å². The molecule has 1 amide bonds. The number of benzene rings is 1. The second-order valence-corrected chi connectivity index (χ2v) is 9.55. The van der Waals surface area contributed by atoms with Gasteiger partial charge in [0.15, 0.2) is 6.61 Å². The monoisotopic (exact) mass is 449 g/mol. The van der Waals surface area contributed by atoms with E-state index in [1.165, 1.54) is 0 Å². The first-order valence-electron chi connectivity index (χ1n) is 11.6. The Morgan fingerprint density at radius 2 is 1.85 bits per heavy atom. The van der Waals surface area contributed by atoms with Crippen LogP contribution in [-0.4, -0.2) is 40.0 Å². The van der Waals surface area contributed by atoms with Gasteiger partial charge in [0.25, 0.3) is 11.8 Å². The lowest BCUT2D eigenvalue weighted by molar-refractivity contribution is -0.134. The van der Waals surface area contributed by atoms with E-state index in [0.717, 1.165) is 40.0 Å². The lowest BCUT2D eigenvalue weighted by Crippen LogP contribution is -2.37. The number of hydrogen-bond acceptors (Lipinski definition) is 6. The zero-order valence-corrected chi connectivity index (χ0v) is 19.4. The Labute approximate surface area is 193 Å². The lowest BCUT2D eigenvalue weighted by Gasteiger charge is -2.23. The van der Waals surface area contributed by atoms with Gasteiger partial charge in [-0.15, -0.1) is 0 Å². The first kappa shape index (κ1) is 21.9. The molecule has 3 aliphatic rings. The number of aryl methyl sites for hydroxylation is 1. The van der Waals surface area contributed by atoms with Crippen LogP contribution in [0.15, 0.2) is 42.2 Å². The molecular formula is C25H31N5O3. The van der Waals surface area contributed by atoms with Gasteiger partial charge < -0.3 is 9.64 Å². The Morgan fingerprint density at radius 3 is 2.58 bits per heavy atom.